The average Bonchev–Trinajstić information content (AvgIpc) is 4.11. The van der Waals surface area contributed by atoms with Crippen LogP contribution in [0.3, 0.4) is 0 Å². The highest BCUT2D eigenvalue weighted by Gasteiger charge is 2.22. The van der Waals surface area contributed by atoms with Crippen LogP contribution >= 0.6 is 11.3 Å². The number of furan rings is 1. The van der Waals surface area contributed by atoms with Crippen LogP contribution in [0.4, 0.5) is 0 Å². The zero-order chi connectivity index (χ0) is 45.2. The zero-order valence-corrected chi connectivity index (χ0v) is 37.7. The van der Waals surface area contributed by atoms with Crippen LogP contribution in [0.2, 0.25) is 0 Å². The number of hydrogen-bond acceptors (Lipinski definition) is 5. The molecule has 0 aliphatic carbocycles. The molecule has 4 heterocycles. The molecule has 0 saturated carbocycles. The molecule has 6 heteroatoms. The summed E-state index contributed by atoms with van der Waals surface area (Å²) < 4.78 is 11.6. The van der Waals surface area contributed by atoms with E-state index in [2.05, 4.69) is 193 Å². The second-order valence-corrected chi connectivity index (χ2v) is 18.9. The summed E-state index contributed by atoms with van der Waals surface area (Å²) in [6.07, 6.45) is 0. The van der Waals surface area contributed by atoms with Crippen molar-refractivity contribution in [3.05, 3.63) is 218 Å². The molecule has 0 atom stereocenters. The molecule has 4 aromatic heterocycles. The second-order valence-electron chi connectivity index (χ2n) is 17.8. The van der Waals surface area contributed by atoms with E-state index < -0.39 is 0 Å². The topological polar surface area (TPSA) is 56.7 Å². The zero-order valence-electron chi connectivity index (χ0n) is 36.9. The molecule has 0 aliphatic rings. The molecule has 0 fully saturated rings. The van der Waals surface area contributed by atoms with Gasteiger partial charge in [-0.25, -0.2) is 15.0 Å². The lowest BCUT2D eigenvalue weighted by molar-refractivity contribution is 0.669. The minimum absolute atomic E-state index is 0.586. The highest BCUT2D eigenvalue weighted by Crippen LogP contribution is 2.46. The maximum absolute atomic E-state index is 6.68. The lowest BCUT2D eigenvalue weighted by Gasteiger charge is -2.13. The lowest BCUT2D eigenvalue weighted by atomic mass is 9.93. The number of para-hydroxylation sites is 2. The van der Waals surface area contributed by atoms with Crippen molar-refractivity contribution in [2.45, 2.75) is 0 Å². The number of fused-ring (bicyclic) bond motifs is 15. The number of thiophene rings is 1. The summed E-state index contributed by atoms with van der Waals surface area (Å²) in [7, 11) is 0. The first-order valence-corrected chi connectivity index (χ1v) is 24.1. The van der Waals surface area contributed by atoms with Gasteiger partial charge in [0.1, 0.15) is 11.2 Å². The van der Waals surface area contributed by atoms with Gasteiger partial charge < -0.3 is 8.98 Å². The van der Waals surface area contributed by atoms with Crippen LogP contribution in [0.1, 0.15) is 0 Å². The van der Waals surface area contributed by atoms with Crippen molar-refractivity contribution in [2.24, 2.45) is 0 Å². The van der Waals surface area contributed by atoms with Crippen LogP contribution in [0.5, 0.6) is 0 Å². The molecule has 0 radical (unpaired) electrons. The Balaban J connectivity index is 0.941. The minimum atomic E-state index is 0.586. The molecule has 0 bridgehead atoms. The quantitative estimate of drug-likeness (QED) is 0.162. The van der Waals surface area contributed by atoms with Gasteiger partial charge in [-0.1, -0.05) is 164 Å². The number of benzene rings is 11. The normalized spacial score (nSPS) is 12.1. The highest BCUT2D eigenvalue weighted by molar-refractivity contribution is 7.26. The predicted molar refractivity (Wildman–Crippen MR) is 289 cm³/mol. The standard InChI is InChI=1S/C63H36N4OS/c1-2-15-37(16-3-1)61-64-62(39-31-33-45-43-19-5-4-17-41(43)42-18-6-7-20-44(42)49(45)36-39)66-63(65-61)48-24-12-28-55-58(48)50-35-38(32-34-54(50)68-55)40-23-13-29-56-59(40)60-53(27-14-30-57(60)69-56)67-51-25-10-8-21-46(51)47-22-9-11-26-52(47)67/h1-36H. The van der Waals surface area contributed by atoms with Crippen molar-refractivity contribution in [3.8, 4) is 51.0 Å². The predicted octanol–water partition coefficient (Wildman–Crippen LogP) is 17.4. The smallest absolute Gasteiger partial charge is 0.164 e. The molecule has 0 N–H and O–H groups in total. The van der Waals surface area contributed by atoms with E-state index in [4.69, 9.17) is 19.4 Å². The van der Waals surface area contributed by atoms with Crippen LogP contribution in [-0.2, 0) is 0 Å². The molecular formula is C63H36N4OS. The van der Waals surface area contributed by atoms with E-state index in [0.717, 1.165) is 49.6 Å². The van der Waals surface area contributed by atoms with E-state index in [-0.39, 0.29) is 0 Å². The summed E-state index contributed by atoms with van der Waals surface area (Å²) in [4.78, 5) is 15.8. The van der Waals surface area contributed by atoms with Crippen molar-refractivity contribution in [1.82, 2.24) is 19.5 Å². The fourth-order valence-electron chi connectivity index (χ4n) is 11.0. The third-order valence-corrected chi connectivity index (χ3v) is 15.2. The molecule has 15 rings (SSSR count). The number of nitrogens with zero attached hydrogens (tertiary/aromatic N) is 4. The summed E-state index contributed by atoms with van der Waals surface area (Å²) in [5.41, 5.74) is 10.2. The van der Waals surface area contributed by atoms with Gasteiger partial charge in [0, 0.05) is 58.4 Å². The van der Waals surface area contributed by atoms with Gasteiger partial charge in [-0.15, -0.1) is 11.3 Å². The Kier molecular flexibility index (Phi) is 8.17. The van der Waals surface area contributed by atoms with Gasteiger partial charge in [0.15, 0.2) is 17.5 Å². The van der Waals surface area contributed by atoms with Crippen molar-refractivity contribution < 1.29 is 4.42 Å². The largest absolute Gasteiger partial charge is 0.456 e. The average molecular weight is 897 g/mol. The Hall–Kier alpha value is -8.97. The summed E-state index contributed by atoms with van der Waals surface area (Å²) in [6.45, 7) is 0. The third-order valence-electron chi connectivity index (χ3n) is 14.0. The van der Waals surface area contributed by atoms with Gasteiger partial charge >= 0.3 is 0 Å². The van der Waals surface area contributed by atoms with Crippen LogP contribution in [0.15, 0.2) is 223 Å². The van der Waals surface area contributed by atoms with Gasteiger partial charge in [-0.05, 0) is 98.0 Å². The van der Waals surface area contributed by atoms with Gasteiger partial charge in [-0.3, -0.25) is 0 Å². The fraction of sp³-hybridized carbons (Fsp3) is 0. The van der Waals surface area contributed by atoms with E-state index >= 15 is 0 Å². The molecule has 11 aromatic carbocycles. The first kappa shape index (κ1) is 38.2. The molecule has 69 heavy (non-hydrogen) atoms. The molecular weight excluding hydrogens is 861 g/mol. The fourth-order valence-corrected chi connectivity index (χ4v) is 12.2. The van der Waals surface area contributed by atoms with Gasteiger partial charge in [0.05, 0.1) is 16.7 Å². The molecule has 0 saturated heterocycles. The summed E-state index contributed by atoms with van der Waals surface area (Å²) >= 11 is 1.85. The van der Waals surface area contributed by atoms with Crippen LogP contribution in [0, 0.1) is 0 Å². The number of rotatable bonds is 5. The van der Waals surface area contributed by atoms with Crippen molar-refractivity contribution >= 4 is 108 Å². The third kappa shape index (κ3) is 5.73. The van der Waals surface area contributed by atoms with Gasteiger partial charge in [-0.2, -0.15) is 0 Å². The molecule has 15 aromatic rings. The Morgan fingerprint density at radius 3 is 1.58 bits per heavy atom. The van der Waals surface area contributed by atoms with Crippen LogP contribution in [-0.4, -0.2) is 19.5 Å². The molecule has 0 spiro atoms. The van der Waals surface area contributed by atoms with E-state index in [1.54, 1.807) is 0 Å². The molecule has 0 unspecified atom stereocenters. The maximum Gasteiger partial charge on any atom is 0.164 e. The summed E-state index contributed by atoms with van der Waals surface area (Å²) in [5, 5.41) is 14.2. The van der Waals surface area contributed by atoms with Crippen molar-refractivity contribution in [1.29, 1.82) is 0 Å². The minimum Gasteiger partial charge on any atom is -0.456 e. The monoisotopic (exact) mass is 896 g/mol. The van der Waals surface area contributed by atoms with Crippen molar-refractivity contribution in [2.75, 3.05) is 0 Å². The first-order valence-electron chi connectivity index (χ1n) is 23.3. The van der Waals surface area contributed by atoms with E-state index in [1.807, 2.05) is 41.7 Å². The maximum atomic E-state index is 6.68. The molecule has 0 aliphatic heterocycles. The first-order chi connectivity index (χ1) is 34.2. The SMILES string of the molecule is c1ccc(-c2nc(-c3ccc4c5ccccc5c5ccccc5c4c3)nc(-c3cccc4oc5ccc(-c6cccc7sc8cccc(-n9c%10ccccc%10c%10ccccc%109)c8c67)cc5c34)n2)cc1. The van der Waals surface area contributed by atoms with Gasteiger partial charge in [0.25, 0.3) is 0 Å². The van der Waals surface area contributed by atoms with E-state index in [9.17, 15) is 0 Å². The summed E-state index contributed by atoms with van der Waals surface area (Å²) in [6, 6.07) is 77.9. The van der Waals surface area contributed by atoms with Crippen LogP contribution in [0.25, 0.3) is 147 Å². The Labute approximate surface area is 398 Å². The number of hydrogen-bond donors (Lipinski definition) is 0. The molecule has 0 amide bonds. The number of aromatic nitrogens is 4. The molecule has 320 valence electrons. The van der Waals surface area contributed by atoms with Crippen molar-refractivity contribution in [3.63, 3.8) is 0 Å². The second kappa shape index (κ2) is 14.8. The summed E-state index contributed by atoms with van der Waals surface area (Å²) in [5.74, 6) is 1.81. The Morgan fingerprint density at radius 1 is 0.319 bits per heavy atom. The molecule has 5 nitrogen and oxygen atoms in total. The van der Waals surface area contributed by atoms with E-state index in [1.165, 1.54) is 80.2 Å². The lowest BCUT2D eigenvalue weighted by Crippen LogP contribution is -2.00. The Morgan fingerprint density at radius 2 is 0.855 bits per heavy atom. The Bertz CT molecular complexity index is 4530. The van der Waals surface area contributed by atoms with Gasteiger partial charge in [0.2, 0.25) is 0 Å². The van der Waals surface area contributed by atoms with Crippen LogP contribution < -0.4 is 0 Å². The van der Waals surface area contributed by atoms with E-state index in [0.29, 0.717) is 17.5 Å². The highest BCUT2D eigenvalue weighted by atomic mass is 32.1.